The summed E-state index contributed by atoms with van der Waals surface area (Å²) in [5.41, 5.74) is -0.343. The zero-order chi connectivity index (χ0) is 24.9. The van der Waals surface area contributed by atoms with Gasteiger partial charge in [-0.1, -0.05) is 24.3 Å². The number of hydrogen-bond donors (Lipinski definition) is 1. The van der Waals surface area contributed by atoms with Gasteiger partial charge in [-0.05, 0) is 54.1 Å². The molecule has 0 radical (unpaired) electrons. The van der Waals surface area contributed by atoms with Gasteiger partial charge in [0.15, 0.2) is 0 Å². The average molecular weight is 491 g/mol. The normalized spacial score (nSPS) is 11.8. The first kappa shape index (κ1) is 24.9. The molecule has 11 heteroatoms. The first-order valence-corrected chi connectivity index (χ1v) is 11.1. The number of carbonyl (C=O) groups excluding carboxylic acids is 1. The molecule has 3 aromatic rings. The van der Waals surface area contributed by atoms with Gasteiger partial charge < -0.3 is 5.32 Å². The van der Waals surface area contributed by atoms with Crippen LogP contribution in [0.4, 0.5) is 23.2 Å². The number of halogens is 4. The SMILES string of the molecule is N#Cc1cccc(NC(=O)CN(Cc2ccc(F)cc2)S(=O)(=O)c2cccc(C(F)(F)F)c2)c1. The third-order valence-electron chi connectivity index (χ3n) is 4.67. The average Bonchev–Trinajstić information content (AvgIpc) is 2.79. The van der Waals surface area contributed by atoms with Gasteiger partial charge in [0.1, 0.15) is 5.82 Å². The fraction of sp³-hybridized carbons (Fsp3) is 0.130. The number of alkyl halides is 3. The lowest BCUT2D eigenvalue weighted by Crippen LogP contribution is -2.37. The van der Waals surface area contributed by atoms with Gasteiger partial charge in [0, 0.05) is 12.2 Å². The predicted molar refractivity (Wildman–Crippen MR) is 115 cm³/mol. The molecule has 34 heavy (non-hydrogen) atoms. The lowest BCUT2D eigenvalue weighted by molar-refractivity contribution is -0.137. The molecule has 1 amide bonds. The number of nitrogens with one attached hydrogen (secondary N) is 1. The van der Waals surface area contributed by atoms with Crippen molar-refractivity contribution in [2.75, 3.05) is 11.9 Å². The standard InChI is InChI=1S/C23H17F4N3O3S/c24-19-9-7-16(8-10-19)14-30(15-22(31)29-20-5-1-3-17(11-20)13-28)34(32,33)21-6-2-4-18(12-21)23(25,26)27/h1-12H,14-15H2,(H,29,31). The van der Waals surface area contributed by atoms with Gasteiger partial charge in [0.25, 0.3) is 0 Å². The lowest BCUT2D eigenvalue weighted by Gasteiger charge is -2.22. The molecule has 0 aliphatic rings. The number of carbonyl (C=O) groups is 1. The Kier molecular flexibility index (Phi) is 7.34. The van der Waals surface area contributed by atoms with E-state index in [0.29, 0.717) is 15.9 Å². The van der Waals surface area contributed by atoms with E-state index in [-0.39, 0.29) is 11.3 Å². The number of nitriles is 1. The summed E-state index contributed by atoms with van der Waals surface area (Å²) in [4.78, 5) is 12.0. The first-order chi connectivity index (χ1) is 16.0. The van der Waals surface area contributed by atoms with E-state index in [2.05, 4.69) is 5.32 Å². The fourth-order valence-corrected chi connectivity index (χ4v) is 4.46. The Labute approximate surface area is 193 Å². The molecule has 0 aliphatic heterocycles. The van der Waals surface area contributed by atoms with E-state index in [4.69, 9.17) is 5.26 Å². The Balaban J connectivity index is 1.93. The smallest absolute Gasteiger partial charge is 0.325 e. The van der Waals surface area contributed by atoms with Gasteiger partial charge in [-0.25, -0.2) is 12.8 Å². The Morgan fingerprint density at radius 3 is 2.32 bits per heavy atom. The van der Waals surface area contributed by atoms with Gasteiger partial charge in [-0.2, -0.15) is 22.7 Å². The highest BCUT2D eigenvalue weighted by Gasteiger charge is 2.33. The monoisotopic (exact) mass is 491 g/mol. The van der Waals surface area contributed by atoms with Crippen molar-refractivity contribution in [1.82, 2.24) is 4.31 Å². The van der Waals surface area contributed by atoms with Crippen molar-refractivity contribution in [3.63, 3.8) is 0 Å². The van der Waals surface area contributed by atoms with Crippen molar-refractivity contribution in [1.29, 1.82) is 5.26 Å². The molecule has 3 rings (SSSR count). The molecule has 6 nitrogen and oxygen atoms in total. The van der Waals surface area contributed by atoms with Crippen LogP contribution in [0.2, 0.25) is 0 Å². The minimum Gasteiger partial charge on any atom is -0.325 e. The van der Waals surface area contributed by atoms with Crippen LogP contribution in [-0.4, -0.2) is 25.2 Å². The van der Waals surface area contributed by atoms with Crippen molar-refractivity contribution >= 4 is 21.6 Å². The van der Waals surface area contributed by atoms with Crippen LogP contribution in [0.15, 0.2) is 77.7 Å². The summed E-state index contributed by atoms with van der Waals surface area (Å²) >= 11 is 0. The molecule has 0 saturated heterocycles. The summed E-state index contributed by atoms with van der Waals surface area (Å²) < 4.78 is 79.8. The van der Waals surface area contributed by atoms with Crippen molar-refractivity contribution in [3.8, 4) is 6.07 Å². The minimum atomic E-state index is -4.77. The van der Waals surface area contributed by atoms with Gasteiger partial charge in [0.05, 0.1) is 28.6 Å². The Morgan fingerprint density at radius 2 is 1.68 bits per heavy atom. The van der Waals surface area contributed by atoms with Gasteiger partial charge >= 0.3 is 6.18 Å². The third kappa shape index (κ3) is 6.18. The molecule has 0 aliphatic carbocycles. The van der Waals surface area contributed by atoms with Crippen LogP contribution in [0.5, 0.6) is 0 Å². The second-order valence-electron chi connectivity index (χ2n) is 7.17. The minimum absolute atomic E-state index is 0.238. The van der Waals surface area contributed by atoms with Crippen molar-refractivity contribution in [2.24, 2.45) is 0 Å². The van der Waals surface area contributed by atoms with Crippen LogP contribution in [0, 0.1) is 17.1 Å². The highest BCUT2D eigenvalue weighted by Crippen LogP contribution is 2.31. The van der Waals surface area contributed by atoms with E-state index in [1.165, 1.54) is 36.4 Å². The Bertz CT molecular complexity index is 1330. The molecule has 0 fully saturated rings. The number of hydrogen-bond acceptors (Lipinski definition) is 4. The zero-order valence-corrected chi connectivity index (χ0v) is 18.2. The molecule has 0 bridgehead atoms. The van der Waals surface area contributed by atoms with Crippen LogP contribution >= 0.6 is 0 Å². The molecule has 1 N–H and O–H groups in total. The van der Waals surface area contributed by atoms with E-state index in [1.807, 2.05) is 6.07 Å². The summed E-state index contributed by atoms with van der Waals surface area (Å²) in [6.45, 7) is -1.14. The van der Waals surface area contributed by atoms with Crippen LogP contribution in [0.1, 0.15) is 16.7 Å². The number of amides is 1. The second kappa shape index (κ2) is 10.0. The zero-order valence-electron chi connectivity index (χ0n) is 17.4. The highest BCUT2D eigenvalue weighted by atomic mass is 32.2. The van der Waals surface area contributed by atoms with E-state index >= 15 is 0 Å². The summed E-state index contributed by atoms with van der Waals surface area (Å²) in [7, 11) is -4.57. The molecule has 3 aromatic carbocycles. The van der Waals surface area contributed by atoms with Crippen molar-refractivity contribution < 1.29 is 30.8 Å². The van der Waals surface area contributed by atoms with E-state index in [0.717, 1.165) is 30.3 Å². The summed E-state index contributed by atoms with van der Waals surface area (Å²) in [5, 5.41) is 11.4. The Morgan fingerprint density at radius 1 is 1.00 bits per heavy atom. The maximum atomic E-state index is 13.3. The van der Waals surface area contributed by atoms with Crippen LogP contribution in [0.25, 0.3) is 0 Å². The highest BCUT2D eigenvalue weighted by molar-refractivity contribution is 7.89. The molecule has 0 spiro atoms. The van der Waals surface area contributed by atoms with E-state index in [1.54, 1.807) is 0 Å². The number of rotatable bonds is 7. The van der Waals surface area contributed by atoms with Gasteiger partial charge in [0.2, 0.25) is 15.9 Å². The van der Waals surface area contributed by atoms with Crippen molar-refractivity contribution in [2.45, 2.75) is 17.6 Å². The quantitative estimate of drug-likeness (QED) is 0.491. The summed E-state index contributed by atoms with van der Waals surface area (Å²) in [6, 6.07) is 15.8. The lowest BCUT2D eigenvalue weighted by atomic mass is 10.2. The third-order valence-corrected chi connectivity index (χ3v) is 6.45. The Hall–Kier alpha value is -3.75. The summed E-state index contributed by atoms with van der Waals surface area (Å²) in [6.07, 6.45) is -4.77. The number of anilines is 1. The number of nitrogens with zero attached hydrogens (tertiary/aromatic N) is 2. The molecule has 0 heterocycles. The molecule has 0 unspecified atom stereocenters. The van der Waals surface area contributed by atoms with Crippen LogP contribution in [0.3, 0.4) is 0 Å². The maximum Gasteiger partial charge on any atom is 0.416 e. The number of benzene rings is 3. The topological polar surface area (TPSA) is 90.3 Å². The van der Waals surface area contributed by atoms with E-state index in [9.17, 15) is 30.8 Å². The first-order valence-electron chi connectivity index (χ1n) is 9.71. The molecular weight excluding hydrogens is 474 g/mol. The molecule has 176 valence electrons. The molecule has 0 saturated carbocycles. The van der Waals surface area contributed by atoms with Crippen LogP contribution < -0.4 is 5.32 Å². The predicted octanol–water partition coefficient (Wildman–Crippen LogP) is 4.55. The van der Waals surface area contributed by atoms with Crippen molar-refractivity contribution in [3.05, 3.63) is 95.3 Å². The summed E-state index contributed by atoms with van der Waals surface area (Å²) in [5.74, 6) is -1.35. The number of sulfonamides is 1. The largest absolute Gasteiger partial charge is 0.416 e. The van der Waals surface area contributed by atoms with Crippen LogP contribution in [-0.2, 0) is 27.5 Å². The second-order valence-corrected chi connectivity index (χ2v) is 9.10. The van der Waals surface area contributed by atoms with E-state index < -0.39 is 51.5 Å². The van der Waals surface area contributed by atoms with Gasteiger partial charge in [-0.15, -0.1) is 0 Å². The molecule has 0 aromatic heterocycles. The molecule has 0 atom stereocenters. The van der Waals surface area contributed by atoms with Gasteiger partial charge in [-0.3, -0.25) is 4.79 Å². The fourth-order valence-electron chi connectivity index (χ4n) is 3.03. The molecular formula is C23H17F4N3O3S. The maximum absolute atomic E-state index is 13.3.